The van der Waals surface area contributed by atoms with Crippen LogP contribution < -0.4 is 5.32 Å². The summed E-state index contributed by atoms with van der Waals surface area (Å²) in [5, 5.41) is 7.16. The van der Waals surface area contributed by atoms with Gasteiger partial charge < -0.3 is 5.32 Å². The van der Waals surface area contributed by atoms with Crippen LogP contribution in [0.3, 0.4) is 0 Å². The minimum absolute atomic E-state index is 0.0423. The number of aryl methyl sites for hydroxylation is 2. The predicted octanol–water partition coefficient (Wildman–Crippen LogP) is 5.16. The molecule has 9 heteroatoms. The van der Waals surface area contributed by atoms with E-state index in [0.717, 1.165) is 45.7 Å². The van der Waals surface area contributed by atoms with Crippen LogP contribution in [0, 0.1) is 12.9 Å². The van der Waals surface area contributed by atoms with E-state index < -0.39 is 5.95 Å². The van der Waals surface area contributed by atoms with Gasteiger partial charge in [0.1, 0.15) is 0 Å². The molecule has 0 fully saturated rings. The molecule has 0 amide bonds. The Morgan fingerprint density at radius 2 is 2.15 bits per heavy atom. The first-order valence-corrected chi connectivity index (χ1v) is 9.49. The first-order valence-electron chi connectivity index (χ1n) is 8.02. The molecule has 5 nitrogen and oxygen atoms in total. The molecule has 0 saturated heterocycles. The highest BCUT2D eigenvalue weighted by molar-refractivity contribution is 9.10. The van der Waals surface area contributed by atoms with Gasteiger partial charge in [0.15, 0.2) is 12.3 Å². The molecule has 1 aliphatic rings. The standard InChI is InChI=1S/C17H14BrF2N5S/c1-9-7-10-3-2-4-12(10)15(14(9)11-5-6-21-13(19)8-11)22-17-23-16(18)24-25(17)26-20/h5-8H,2-4H2,1H3,(H,22,23,24). The lowest BCUT2D eigenvalue weighted by atomic mass is 9.93. The summed E-state index contributed by atoms with van der Waals surface area (Å²) in [4.78, 5) is 7.83. The smallest absolute Gasteiger partial charge is 0.239 e. The van der Waals surface area contributed by atoms with Crippen molar-refractivity contribution in [3.05, 3.63) is 51.8 Å². The molecule has 0 spiro atoms. The Kier molecular flexibility index (Phi) is 4.66. The van der Waals surface area contributed by atoms with E-state index in [1.807, 2.05) is 6.92 Å². The average molecular weight is 438 g/mol. The monoisotopic (exact) mass is 437 g/mol. The Morgan fingerprint density at radius 1 is 1.31 bits per heavy atom. The fourth-order valence-corrected chi connectivity index (χ4v) is 4.16. The van der Waals surface area contributed by atoms with Gasteiger partial charge in [-0.1, -0.05) is 6.07 Å². The van der Waals surface area contributed by atoms with Crippen molar-refractivity contribution in [2.45, 2.75) is 26.2 Å². The van der Waals surface area contributed by atoms with Crippen molar-refractivity contribution in [2.75, 3.05) is 5.32 Å². The molecule has 134 valence electrons. The molecule has 0 atom stereocenters. The maximum Gasteiger partial charge on any atom is 0.239 e. The summed E-state index contributed by atoms with van der Waals surface area (Å²) >= 11 is 3.12. The molecule has 0 saturated carbocycles. The number of rotatable bonds is 4. The van der Waals surface area contributed by atoms with E-state index in [1.54, 1.807) is 6.07 Å². The molecule has 1 N–H and O–H groups in total. The van der Waals surface area contributed by atoms with E-state index in [9.17, 15) is 8.28 Å². The summed E-state index contributed by atoms with van der Waals surface area (Å²) in [5.74, 6) is -0.279. The summed E-state index contributed by atoms with van der Waals surface area (Å²) in [7, 11) is 0. The Bertz CT molecular complexity index is 992. The highest BCUT2D eigenvalue weighted by Crippen LogP contribution is 2.41. The van der Waals surface area contributed by atoms with Crippen LogP contribution in [0.25, 0.3) is 11.1 Å². The van der Waals surface area contributed by atoms with Crippen LogP contribution in [0.1, 0.15) is 23.1 Å². The van der Waals surface area contributed by atoms with Crippen LogP contribution in [-0.2, 0) is 12.8 Å². The number of pyridine rings is 1. The lowest BCUT2D eigenvalue weighted by Crippen LogP contribution is -2.05. The fourth-order valence-electron chi connectivity index (χ4n) is 3.47. The van der Waals surface area contributed by atoms with Crippen molar-refractivity contribution < 1.29 is 8.28 Å². The quantitative estimate of drug-likeness (QED) is 0.571. The molecule has 4 rings (SSSR count). The number of hydrogen-bond donors (Lipinski definition) is 1. The molecule has 3 aromatic rings. The van der Waals surface area contributed by atoms with E-state index in [0.29, 0.717) is 5.56 Å². The van der Waals surface area contributed by atoms with E-state index in [4.69, 9.17) is 0 Å². The minimum Gasteiger partial charge on any atom is -0.323 e. The summed E-state index contributed by atoms with van der Waals surface area (Å²) in [6, 6.07) is 5.31. The number of nitrogens with zero attached hydrogens (tertiary/aromatic N) is 4. The second-order valence-corrected chi connectivity index (χ2v) is 7.27. The molecule has 2 aromatic heterocycles. The summed E-state index contributed by atoms with van der Waals surface area (Å²) in [6.07, 6.45) is 4.38. The minimum atomic E-state index is -0.543. The van der Waals surface area contributed by atoms with Gasteiger partial charge in [-0.05, 0) is 70.4 Å². The molecule has 1 aliphatic carbocycles. The van der Waals surface area contributed by atoms with Crippen molar-refractivity contribution in [2.24, 2.45) is 0 Å². The van der Waals surface area contributed by atoms with Gasteiger partial charge in [-0.25, -0.2) is 4.98 Å². The van der Waals surface area contributed by atoms with Crippen molar-refractivity contribution in [3.8, 4) is 11.1 Å². The Balaban J connectivity index is 1.91. The highest BCUT2D eigenvalue weighted by Gasteiger charge is 2.23. The van der Waals surface area contributed by atoms with Gasteiger partial charge in [-0.3, -0.25) is 0 Å². The Morgan fingerprint density at radius 3 is 2.92 bits per heavy atom. The van der Waals surface area contributed by atoms with Crippen LogP contribution in [0.15, 0.2) is 29.1 Å². The van der Waals surface area contributed by atoms with Gasteiger partial charge >= 0.3 is 0 Å². The van der Waals surface area contributed by atoms with Gasteiger partial charge in [-0.15, -0.1) is 13.1 Å². The summed E-state index contributed by atoms with van der Waals surface area (Å²) in [5.41, 5.74) is 5.81. The van der Waals surface area contributed by atoms with Crippen LogP contribution in [0.4, 0.5) is 19.9 Å². The molecular weight excluding hydrogens is 424 g/mol. The van der Waals surface area contributed by atoms with Crippen molar-refractivity contribution >= 4 is 39.9 Å². The van der Waals surface area contributed by atoms with E-state index in [2.05, 4.69) is 42.4 Å². The van der Waals surface area contributed by atoms with Gasteiger partial charge in [0.2, 0.25) is 16.6 Å². The second-order valence-electron chi connectivity index (χ2n) is 6.07. The summed E-state index contributed by atoms with van der Waals surface area (Å²) in [6.45, 7) is 1.99. The molecule has 2 heterocycles. The first-order chi connectivity index (χ1) is 12.6. The second kappa shape index (κ2) is 6.96. The van der Waals surface area contributed by atoms with Gasteiger partial charge in [0.05, 0.1) is 5.69 Å². The normalized spacial score (nSPS) is 13.1. The number of fused-ring (bicyclic) bond motifs is 1. The third-order valence-corrected chi connectivity index (χ3v) is 5.19. The van der Waals surface area contributed by atoms with Crippen molar-refractivity contribution in [3.63, 3.8) is 0 Å². The third kappa shape index (κ3) is 3.09. The topological polar surface area (TPSA) is 55.6 Å². The van der Waals surface area contributed by atoms with Crippen LogP contribution in [0.2, 0.25) is 0 Å². The Hall–Kier alpha value is -2.00. The molecule has 0 unspecified atom stereocenters. The number of nitrogens with one attached hydrogen (secondary N) is 1. The van der Waals surface area contributed by atoms with Crippen molar-refractivity contribution in [1.29, 1.82) is 0 Å². The third-order valence-electron chi connectivity index (χ3n) is 4.47. The van der Waals surface area contributed by atoms with Crippen LogP contribution in [0.5, 0.6) is 0 Å². The lowest BCUT2D eigenvalue weighted by Gasteiger charge is -2.19. The predicted molar refractivity (Wildman–Crippen MR) is 101 cm³/mol. The molecule has 26 heavy (non-hydrogen) atoms. The molecule has 1 aromatic carbocycles. The number of aromatic nitrogens is 4. The van der Waals surface area contributed by atoms with Crippen LogP contribution in [-0.4, -0.2) is 19.2 Å². The van der Waals surface area contributed by atoms with E-state index >= 15 is 0 Å². The zero-order valence-corrected chi connectivity index (χ0v) is 16.2. The molecule has 0 aliphatic heterocycles. The molecule has 0 radical (unpaired) electrons. The maximum absolute atomic E-state index is 13.7. The largest absolute Gasteiger partial charge is 0.323 e. The molecular formula is C17H14BrF2N5S. The maximum atomic E-state index is 13.7. The number of halogens is 3. The van der Waals surface area contributed by atoms with Crippen molar-refractivity contribution in [1.82, 2.24) is 19.2 Å². The number of benzene rings is 1. The van der Waals surface area contributed by atoms with Gasteiger partial charge in [0, 0.05) is 17.8 Å². The zero-order valence-electron chi connectivity index (χ0n) is 13.8. The lowest BCUT2D eigenvalue weighted by molar-refractivity contribution is 0.584. The molecule has 0 bridgehead atoms. The van der Waals surface area contributed by atoms with Gasteiger partial charge in [0.25, 0.3) is 0 Å². The number of anilines is 2. The highest BCUT2D eigenvalue weighted by atomic mass is 79.9. The van der Waals surface area contributed by atoms with Crippen LogP contribution >= 0.6 is 28.3 Å². The Labute approximate surface area is 161 Å². The summed E-state index contributed by atoms with van der Waals surface area (Å²) < 4.78 is 28.3. The SMILES string of the molecule is Cc1cc2c(c(Nc3nc(Br)nn3SF)c1-c1ccnc(F)c1)CCC2. The zero-order chi connectivity index (χ0) is 18.3. The average Bonchev–Trinajstić information content (AvgIpc) is 3.20. The van der Waals surface area contributed by atoms with Gasteiger partial charge in [-0.2, -0.15) is 9.37 Å². The van der Waals surface area contributed by atoms with E-state index in [1.165, 1.54) is 17.8 Å². The number of hydrogen-bond acceptors (Lipinski definition) is 5. The first kappa shape index (κ1) is 17.4. The van der Waals surface area contributed by atoms with E-state index in [-0.39, 0.29) is 23.0 Å². The fraction of sp³-hybridized carbons (Fsp3) is 0.235.